The summed E-state index contributed by atoms with van der Waals surface area (Å²) in [7, 11) is 0. The molecule has 0 radical (unpaired) electrons. The summed E-state index contributed by atoms with van der Waals surface area (Å²) < 4.78 is 0. The molecule has 0 rings (SSSR count). The lowest BCUT2D eigenvalue weighted by molar-refractivity contribution is 0.282. The summed E-state index contributed by atoms with van der Waals surface area (Å²) in [5, 5.41) is 8.48. The van der Waals surface area contributed by atoms with E-state index in [1.165, 1.54) is 6.42 Å². The molecule has 0 aromatic heterocycles. The molecule has 74 valence electrons. The second kappa shape index (κ2) is 11.0. The number of aliphatic hydroxyl groups is 1. The van der Waals surface area contributed by atoms with Crippen LogP contribution in [-0.2, 0) is 0 Å². The first-order chi connectivity index (χ1) is 5.31. The highest BCUT2D eigenvalue weighted by atomic mass is 35.5. The fraction of sp³-hybridized carbons (Fsp3) is 0.778. The topological polar surface area (TPSA) is 46.2 Å². The summed E-state index contributed by atoms with van der Waals surface area (Å²) in [4.78, 5) is 0. The molecule has 0 aliphatic heterocycles. The highest BCUT2D eigenvalue weighted by molar-refractivity contribution is 5.85. The van der Waals surface area contributed by atoms with Crippen LogP contribution in [0.25, 0.3) is 0 Å². The Morgan fingerprint density at radius 2 is 1.83 bits per heavy atom. The number of nitrogens with two attached hydrogens (primary N) is 1. The standard InChI is InChI=1S/C9H19NO.ClH/c1-2-9(10)7-5-3-4-6-8-11;/h2,9,11H,1,3-8,10H2;1H. The third-order valence-electron chi connectivity index (χ3n) is 1.75. The zero-order chi connectivity index (χ0) is 8.53. The highest BCUT2D eigenvalue weighted by Gasteiger charge is 1.95. The van der Waals surface area contributed by atoms with Crippen LogP contribution in [-0.4, -0.2) is 17.8 Å². The van der Waals surface area contributed by atoms with Crippen LogP contribution in [0.15, 0.2) is 12.7 Å². The Bertz CT molecular complexity index is 98.5. The van der Waals surface area contributed by atoms with E-state index in [2.05, 4.69) is 6.58 Å². The molecule has 0 bridgehead atoms. The minimum absolute atomic E-state index is 0. The van der Waals surface area contributed by atoms with Crippen molar-refractivity contribution in [2.24, 2.45) is 5.73 Å². The number of hydrogen-bond donors (Lipinski definition) is 2. The molecule has 3 heteroatoms. The van der Waals surface area contributed by atoms with Crippen LogP contribution in [0.4, 0.5) is 0 Å². The number of halogens is 1. The van der Waals surface area contributed by atoms with Gasteiger partial charge in [-0.15, -0.1) is 19.0 Å². The van der Waals surface area contributed by atoms with Gasteiger partial charge in [0.05, 0.1) is 0 Å². The van der Waals surface area contributed by atoms with Gasteiger partial charge in [-0.3, -0.25) is 0 Å². The first-order valence-electron chi connectivity index (χ1n) is 4.30. The zero-order valence-electron chi connectivity index (χ0n) is 7.54. The molecule has 0 aromatic carbocycles. The molecule has 0 fully saturated rings. The molecule has 3 N–H and O–H groups in total. The van der Waals surface area contributed by atoms with Crippen molar-refractivity contribution in [3.8, 4) is 0 Å². The minimum atomic E-state index is 0. The van der Waals surface area contributed by atoms with Crippen molar-refractivity contribution >= 4 is 12.4 Å². The van der Waals surface area contributed by atoms with E-state index in [0.717, 1.165) is 25.7 Å². The number of hydrogen-bond acceptors (Lipinski definition) is 2. The number of aliphatic hydroxyl groups excluding tert-OH is 1. The van der Waals surface area contributed by atoms with E-state index < -0.39 is 0 Å². The molecule has 2 nitrogen and oxygen atoms in total. The second-order valence-electron chi connectivity index (χ2n) is 2.83. The molecule has 0 spiro atoms. The second-order valence-corrected chi connectivity index (χ2v) is 2.83. The fourth-order valence-corrected chi connectivity index (χ4v) is 0.963. The van der Waals surface area contributed by atoms with Crippen LogP contribution in [0.2, 0.25) is 0 Å². The summed E-state index contributed by atoms with van der Waals surface area (Å²) in [5.41, 5.74) is 5.62. The van der Waals surface area contributed by atoms with E-state index >= 15 is 0 Å². The van der Waals surface area contributed by atoms with Crippen molar-refractivity contribution < 1.29 is 5.11 Å². The van der Waals surface area contributed by atoms with Gasteiger partial charge < -0.3 is 10.8 Å². The van der Waals surface area contributed by atoms with Gasteiger partial charge in [0.1, 0.15) is 0 Å². The van der Waals surface area contributed by atoms with Gasteiger partial charge in [-0.05, 0) is 12.8 Å². The van der Waals surface area contributed by atoms with Gasteiger partial charge in [0.25, 0.3) is 0 Å². The lowest BCUT2D eigenvalue weighted by Gasteiger charge is -2.04. The van der Waals surface area contributed by atoms with Gasteiger partial charge in [-0.25, -0.2) is 0 Å². The Morgan fingerprint density at radius 3 is 2.33 bits per heavy atom. The highest BCUT2D eigenvalue weighted by Crippen LogP contribution is 2.04. The molecular weight excluding hydrogens is 174 g/mol. The van der Waals surface area contributed by atoms with E-state index in [1.807, 2.05) is 0 Å². The van der Waals surface area contributed by atoms with Crippen molar-refractivity contribution in [2.45, 2.75) is 38.1 Å². The monoisotopic (exact) mass is 193 g/mol. The molecule has 0 aromatic rings. The predicted molar refractivity (Wildman–Crippen MR) is 55.6 cm³/mol. The summed E-state index contributed by atoms with van der Waals surface area (Å²) in [6, 6.07) is 0.157. The maximum Gasteiger partial charge on any atom is 0.0431 e. The largest absolute Gasteiger partial charge is 0.396 e. The van der Waals surface area contributed by atoms with Gasteiger partial charge in [-0.1, -0.05) is 25.3 Å². The third kappa shape index (κ3) is 9.95. The van der Waals surface area contributed by atoms with E-state index in [0.29, 0.717) is 6.61 Å². The lowest BCUT2D eigenvalue weighted by atomic mass is 10.1. The Balaban J connectivity index is 0. The van der Waals surface area contributed by atoms with E-state index in [1.54, 1.807) is 6.08 Å². The van der Waals surface area contributed by atoms with Gasteiger partial charge in [0, 0.05) is 12.6 Å². The number of rotatable bonds is 7. The molecule has 0 saturated carbocycles. The maximum atomic E-state index is 8.48. The van der Waals surface area contributed by atoms with Crippen LogP contribution >= 0.6 is 12.4 Å². The molecule has 1 atom stereocenters. The van der Waals surface area contributed by atoms with E-state index in [9.17, 15) is 0 Å². The molecular formula is C9H20ClNO. The minimum Gasteiger partial charge on any atom is -0.396 e. The molecule has 0 saturated heterocycles. The van der Waals surface area contributed by atoms with Gasteiger partial charge in [-0.2, -0.15) is 0 Å². The van der Waals surface area contributed by atoms with E-state index in [4.69, 9.17) is 10.8 Å². The normalized spacial score (nSPS) is 11.8. The van der Waals surface area contributed by atoms with Gasteiger partial charge in [0.2, 0.25) is 0 Å². The quantitative estimate of drug-likeness (QED) is 0.479. The van der Waals surface area contributed by atoms with E-state index in [-0.39, 0.29) is 18.4 Å². The van der Waals surface area contributed by atoms with Gasteiger partial charge in [0.15, 0.2) is 0 Å². The first kappa shape index (κ1) is 14.5. The van der Waals surface area contributed by atoms with Crippen LogP contribution in [0.3, 0.4) is 0 Å². The van der Waals surface area contributed by atoms with Crippen LogP contribution < -0.4 is 5.73 Å². The van der Waals surface area contributed by atoms with Crippen molar-refractivity contribution in [1.29, 1.82) is 0 Å². The van der Waals surface area contributed by atoms with Crippen LogP contribution in [0.5, 0.6) is 0 Å². The maximum absolute atomic E-state index is 8.48. The summed E-state index contributed by atoms with van der Waals surface area (Å²) in [5.74, 6) is 0. The lowest BCUT2D eigenvalue weighted by Crippen LogP contribution is -2.15. The Hall–Kier alpha value is -0.0500. The van der Waals surface area contributed by atoms with Gasteiger partial charge >= 0.3 is 0 Å². The van der Waals surface area contributed by atoms with Crippen molar-refractivity contribution in [2.75, 3.05) is 6.61 Å². The first-order valence-corrected chi connectivity index (χ1v) is 4.30. The molecule has 0 amide bonds. The third-order valence-corrected chi connectivity index (χ3v) is 1.75. The number of unbranched alkanes of at least 4 members (excludes halogenated alkanes) is 3. The Labute approximate surface area is 81.3 Å². The Morgan fingerprint density at radius 1 is 1.25 bits per heavy atom. The molecule has 0 aliphatic carbocycles. The molecule has 0 heterocycles. The summed E-state index contributed by atoms with van der Waals surface area (Å²) >= 11 is 0. The average Bonchev–Trinajstić information content (AvgIpc) is 2.04. The Kier molecular flexibility index (Phi) is 13.2. The fourth-order valence-electron chi connectivity index (χ4n) is 0.963. The van der Waals surface area contributed by atoms with Crippen molar-refractivity contribution in [3.63, 3.8) is 0 Å². The smallest absolute Gasteiger partial charge is 0.0431 e. The summed E-state index contributed by atoms with van der Waals surface area (Å²) in [6.07, 6.45) is 7.15. The van der Waals surface area contributed by atoms with Crippen molar-refractivity contribution in [1.82, 2.24) is 0 Å². The SMILES string of the molecule is C=CC(N)CCCCCCO.Cl. The summed E-state index contributed by atoms with van der Waals surface area (Å²) in [6.45, 7) is 3.92. The average molecular weight is 194 g/mol. The van der Waals surface area contributed by atoms with Crippen LogP contribution in [0, 0.1) is 0 Å². The molecule has 12 heavy (non-hydrogen) atoms. The van der Waals surface area contributed by atoms with Crippen LogP contribution in [0.1, 0.15) is 32.1 Å². The predicted octanol–water partition coefficient (Wildman–Crippen LogP) is 1.86. The van der Waals surface area contributed by atoms with Crippen molar-refractivity contribution in [3.05, 3.63) is 12.7 Å². The molecule has 1 unspecified atom stereocenters. The molecule has 0 aliphatic rings. The zero-order valence-corrected chi connectivity index (χ0v) is 8.35.